The summed E-state index contributed by atoms with van der Waals surface area (Å²) in [6.07, 6.45) is -2.22. The zero-order valence-electron chi connectivity index (χ0n) is 11.8. The number of alkyl halides is 3. The van der Waals surface area contributed by atoms with E-state index in [2.05, 4.69) is 10.3 Å². The Labute approximate surface area is 126 Å². The van der Waals surface area contributed by atoms with E-state index < -0.39 is 11.2 Å². The highest BCUT2D eigenvalue weighted by molar-refractivity contribution is 7.11. The van der Waals surface area contributed by atoms with Crippen LogP contribution in [0.2, 0.25) is 0 Å². The van der Waals surface area contributed by atoms with Gasteiger partial charge in [-0.3, -0.25) is 0 Å². The Bertz CT molecular complexity index is 566. The highest BCUT2D eigenvalue weighted by Crippen LogP contribution is 2.39. The van der Waals surface area contributed by atoms with Crippen molar-refractivity contribution in [3.8, 4) is 0 Å². The zero-order valence-corrected chi connectivity index (χ0v) is 12.6. The lowest BCUT2D eigenvalue weighted by molar-refractivity contribution is -0.137. The van der Waals surface area contributed by atoms with Gasteiger partial charge in [0.1, 0.15) is 0 Å². The number of thiazole rings is 1. The molecular weight excluding hydrogens is 297 g/mol. The third-order valence-electron chi connectivity index (χ3n) is 3.45. The third-order valence-corrected chi connectivity index (χ3v) is 4.58. The third kappa shape index (κ3) is 3.63. The van der Waals surface area contributed by atoms with Crippen molar-refractivity contribution in [3.05, 3.63) is 52.0 Å². The fourth-order valence-electron chi connectivity index (χ4n) is 2.47. The van der Waals surface area contributed by atoms with Gasteiger partial charge in [0.25, 0.3) is 0 Å². The number of likely N-dealkylation sites (N-methyl/N-ethyl adjacent to an activating group) is 1. The maximum atomic E-state index is 12.7. The molecule has 0 aliphatic heterocycles. The summed E-state index contributed by atoms with van der Waals surface area (Å²) < 4.78 is 38.1. The summed E-state index contributed by atoms with van der Waals surface area (Å²) in [5, 5.41) is 2.34. The number of benzene rings is 1. The molecule has 0 saturated carbocycles. The van der Waals surface area contributed by atoms with Crippen molar-refractivity contribution in [2.45, 2.75) is 31.5 Å². The molecule has 0 saturated heterocycles. The number of rotatable bonds is 5. The Morgan fingerprint density at radius 1 is 1.24 bits per heavy atom. The molecule has 1 aromatic heterocycles. The molecule has 1 heterocycles. The van der Waals surface area contributed by atoms with Crippen LogP contribution in [0.5, 0.6) is 0 Å². The summed E-state index contributed by atoms with van der Waals surface area (Å²) in [4.78, 5) is 4.13. The van der Waals surface area contributed by atoms with E-state index in [1.807, 2.05) is 37.3 Å². The number of aromatic nitrogens is 1. The van der Waals surface area contributed by atoms with Gasteiger partial charge < -0.3 is 5.32 Å². The summed E-state index contributed by atoms with van der Waals surface area (Å²) >= 11 is 0.712. The Kier molecular flexibility index (Phi) is 5.00. The second-order valence-electron chi connectivity index (χ2n) is 4.76. The SMILES string of the molecule is CCC(c1ccccc1)C(NC)c1cnc(C(F)(F)F)s1. The van der Waals surface area contributed by atoms with E-state index in [-0.39, 0.29) is 12.0 Å². The molecule has 0 fully saturated rings. The van der Waals surface area contributed by atoms with E-state index in [0.717, 1.165) is 12.0 Å². The Balaban J connectivity index is 2.32. The van der Waals surface area contributed by atoms with E-state index in [1.54, 1.807) is 7.05 Å². The van der Waals surface area contributed by atoms with E-state index in [1.165, 1.54) is 6.20 Å². The van der Waals surface area contributed by atoms with Gasteiger partial charge in [-0.2, -0.15) is 13.2 Å². The van der Waals surface area contributed by atoms with Crippen LogP contribution in [0, 0.1) is 0 Å². The maximum absolute atomic E-state index is 12.7. The Hall–Kier alpha value is -1.40. The highest BCUT2D eigenvalue weighted by Gasteiger charge is 2.36. The molecule has 6 heteroatoms. The molecule has 0 spiro atoms. The van der Waals surface area contributed by atoms with Gasteiger partial charge in [0.15, 0.2) is 5.01 Å². The van der Waals surface area contributed by atoms with Gasteiger partial charge in [0.05, 0.1) is 0 Å². The van der Waals surface area contributed by atoms with Crippen molar-refractivity contribution in [1.29, 1.82) is 0 Å². The predicted octanol–water partition coefficient (Wildman–Crippen LogP) is 4.62. The summed E-state index contributed by atoms with van der Waals surface area (Å²) in [6, 6.07) is 9.65. The van der Waals surface area contributed by atoms with Crippen molar-refractivity contribution in [2.24, 2.45) is 0 Å². The van der Waals surface area contributed by atoms with E-state index >= 15 is 0 Å². The smallest absolute Gasteiger partial charge is 0.312 e. The largest absolute Gasteiger partial charge is 0.443 e. The molecule has 114 valence electrons. The van der Waals surface area contributed by atoms with Gasteiger partial charge in [-0.25, -0.2) is 4.98 Å². The monoisotopic (exact) mass is 314 g/mol. The van der Waals surface area contributed by atoms with Gasteiger partial charge in [-0.1, -0.05) is 37.3 Å². The van der Waals surface area contributed by atoms with Gasteiger partial charge in [0.2, 0.25) is 0 Å². The first-order chi connectivity index (χ1) is 9.97. The summed E-state index contributed by atoms with van der Waals surface area (Å²) in [6.45, 7) is 2.04. The minimum Gasteiger partial charge on any atom is -0.312 e. The standard InChI is InChI=1S/C15H17F3N2S/c1-3-11(10-7-5-4-6-8-10)13(19-2)12-9-20-14(21-12)15(16,17)18/h4-9,11,13,19H,3H2,1-2H3. The minimum absolute atomic E-state index is 0.109. The van der Waals surface area contributed by atoms with E-state index in [4.69, 9.17) is 0 Å². The number of nitrogens with one attached hydrogen (secondary N) is 1. The molecule has 2 aromatic rings. The summed E-state index contributed by atoms with van der Waals surface area (Å²) in [7, 11) is 1.77. The van der Waals surface area contributed by atoms with Gasteiger partial charge in [-0.05, 0) is 19.0 Å². The normalized spacial score (nSPS) is 14.9. The number of hydrogen-bond donors (Lipinski definition) is 1. The minimum atomic E-state index is -4.38. The predicted molar refractivity (Wildman–Crippen MR) is 78.4 cm³/mol. The fraction of sp³-hybridized carbons (Fsp3) is 0.400. The molecule has 1 aromatic carbocycles. The first-order valence-corrected chi connectivity index (χ1v) is 7.54. The van der Waals surface area contributed by atoms with Crippen LogP contribution in [-0.4, -0.2) is 12.0 Å². The zero-order chi connectivity index (χ0) is 15.5. The van der Waals surface area contributed by atoms with E-state index in [0.29, 0.717) is 16.2 Å². The van der Waals surface area contributed by atoms with Crippen molar-refractivity contribution >= 4 is 11.3 Å². The van der Waals surface area contributed by atoms with Crippen molar-refractivity contribution in [3.63, 3.8) is 0 Å². The molecule has 0 radical (unpaired) electrons. The molecule has 0 amide bonds. The van der Waals surface area contributed by atoms with Crippen LogP contribution in [0.4, 0.5) is 13.2 Å². The fourth-order valence-corrected chi connectivity index (χ4v) is 3.43. The maximum Gasteiger partial charge on any atom is 0.443 e. The van der Waals surface area contributed by atoms with Crippen LogP contribution in [0.1, 0.15) is 40.8 Å². The van der Waals surface area contributed by atoms with Gasteiger partial charge >= 0.3 is 6.18 Å². The van der Waals surface area contributed by atoms with Crippen LogP contribution >= 0.6 is 11.3 Å². The van der Waals surface area contributed by atoms with Crippen LogP contribution in [0.25, 0.3) is 0 Å². The van der Waals surface area contributed by atoms with Crippen LogP contribution < -0.4 is 5.32 Å². The topological polar surface area (TPSA) is 24.9 Å². The second kappa shape index (κ2) is 6.58. The quantitative estimate of drug-likeness (QED) is 0.871. The molecule has 0 bridgehead atoms. The molecule has 0 aliphatic rings. The average molecular weight is 314 g/mol. The first-order valence-electron chi connectivity index (χ1n) is 6.72. The van der Waals surface area contributed by atoms with Crippen molar-refractivity contribution in [2.75, 3.05) is 7.05 Å². The molecule has 0 aliphatic carbocycles. The van der Waals surface area contributed by atoms with Crippen LogP contribution in [-0.2, 0) is 6.18 Å². The molecule has 2 rings (SSSR count). The molecule has 2 unspecified atom stereocenters. The lowest BCUT2D eigenvalue weighted by Crippen LogP contribution is -2.22. The lowest BCUT2D eigenvalue weighted by Gasteiger charge is -2.25. The molecule has 2 nitrogen and oxygen atoms in total. The summed E-state index contributed by atoms with van der Waals surface area (Å²) in [5.74, 6) is 0.109. The number of hydrogen-bond acceptors (Lipinski definition) is 3. The number of halogens is 3. The highest BCUT2D eigenvalue weighted by atomic mass is 32.1. The lowest BCUT2D eigenvalue weighted by atomic mass is 9.88. The van der Waals surface area contributed by atoms with Crippen molar-refractivity contribution in [1.82, 2.24) is 10.3 Å². The molecule has 1 N–H and O–H groups in total. The summed E-state index contributed by atoms with van der Waals surface area (Å²) in [5.41, 5.74) is 1.11. The molecule has 2 atom stereocenters. The van der Waals surface area contributed by atoms with Crippen molar-refractivity contribution < 1.29 is 13.2 Å². The van der Waals surface area contributed by atoms with Gasteiger partial charge in [-0.15, -0.1) is 11.3 Å². The average Bonchev–Trinajstić information content (AvgIpc) is 2.95. The first kappa shape index (κ1) is 16.0. The van der Waals surface area contributed by atoms with Gasteiger partial charge in [0, 0.05) is 23.0 Å². The number of nitrogens with zero attached hydrogens (tertiary/aromatic N) is 1. The molecular formula is C15H17F3N2S. The van der Waals surface area contributed by atoms with Crippen LogP contribution in [0.3, 0.4) is 0 Å². The van der Waals surface area contributed by atoms with E-state index in [9.17, 15) is 13.2 Å². The van der Waals surface area contributed by atoms with Crippen LogP contribution in [0.15, 0.2) is 36.5 Å². The Morgan fingerprint density at radius 2 is 1.90 bits per heavy atom. The second-order valence-corrected chi connectivity index (χ2v) is 5.82. The molecule has 21 heavy (non-hydrogen) atoms. The Morgan fingerprint density at radius 3 is 2.38 bits per heavy atom.